The number of rotatable bonds is 5. The second kappa shape index (κ2) is 5.42. The lowest BCUT2D eigenvalue weighted by atomic mass is 10.4. The summed E-state index contributed by atoms with van der Waals surface area (Å²) < 4.78 is 7.00. The number of methoxy groups -OCH3 is 1. The van der Waals surface area contributed by atoms with Gasteiger partial charge in [0.1, 0.15) is 5.03 Å². The first kappa shape index (κ1) is 12.4. The Morgan fingerprint density at radius 2 is 2.20 bits per heavy atom. The highest BCUT2D eigenvalue weighted by Crippen LogP contribution is 2.29. The molecular weight excluding hydrogens is 210 g/mol. The molecule has 0 atom stereocenters. The van der Waals surface area contributed by atoms with Gasteiger partial charge in [-0.25, -0.2) is 0 Å². The minimum atomic E-state index is 0.339. The number of anilines is 1. The first-order chi connectivity index (χ1) is 7.07. The van der Waals surface area contributed by atoms with Crippen LogP contribution >= 0.6 is 11.8 Å². The summed E-state index contributed by atoms with van der Waals surface area (Å²) in [6.45, 7) is 6.87. The molecule has 0 fully saturated rings. The second-order valence-electron chi connectivity index (χ2n) is 3.68. The Hall–Kier alpha value is -0.680. The van der Waals surface area contributed by atoms with Crippen LogP contribution in [0, 0.1) is 6.92 Å². The molecule has 0 unspecified atom stereocenters. The van der Waals surface area contributed by atoms with Crippen LogP contribution in [0.25, 0.3) is 0 Å². The van der Waals surface area contributed by atoms with Gasteiger partial charge in [0.15, 0.2) is 0 Å². The molecule has 0 aliphatic heterocycles. The quantitative estimate of drug-likeness (QED) is 0.620. The van der Waals surface area contributed by atoms with E-state index < -0.39 is 0 Å². The predicted octanol–water partition coefficient (Wildman–Crippen LogP) is 2.09. The van der Waals surface area contributed by atoms with Gasteiger partial charge < -0.3 is 10.5 Å². The second-order valence-corrected chi connectivity index (χ2v) is 4.77. The fraction of sp³-hybridized carbons (Fsp3) is 0.700. The van der Waals surface area contributed by atoms with Crippen molar-refractivity contribution in [3.05, 3.63) is 5.69 Å². The van der Waals surface area contributed by atoms with E-state index in [2.05, 4.69) is 18.9 Å². The summed E-state index contributed by atoms with van der Waals surface area (Å²) in [5.41, 5.74) is 7.68. The molecule has 5 heteroatoms. The van der Waals surface area contributed by atoms with Crippen molar-refractivity contribution in [3.8, 4) is 0 Å². The Bertz CT molecular complexity index is 323. The number of hydrogen-bond donors (Lipinski definition) is 1. The van der Waals surface area contributed by atoms with Crippen LogP contribution < -0.4 is 5.73 Å². The van der Waals surface area contributed by atoms with Crippen molar-refractivity contribution < 1.29 is 4.74 Å². The Labute approximate surface area is 95.2 Å². The van der Waals surface area contributed by atoms with Crippen LogP contribution in [-0.4, -0.2) is 29.3 Å². The number of nitrogens with two attached hydrogens (primary N) is 1. The van der Waals surface area contributed by atoms with Gasteiger partial charge >= 0.3 is 0 Å². The average Bonchev–Trinajstić information content (AvgIpc) is 2.46. The van der Waals surface area contributed by atoms with Crippen molar-refractivity contribution in [3.63, 3.8) is 0 Å². The zero-order valence-electron chi connectivity index (χ0n) is 9.78. The molecule has 1 aromatic heterocycles. The van der Waals surface area contributed by atoms with Crippen molar-refractivity contribution in [2.45, 2.75) is 31.8 Å². The molecule has 4 nitrogen and oxygen atoms in total. The fourth-order valence-corrected chi connectivity index (χ4v) is 2.39. The van der Waals surface area contributed by atoms with Gasteiger partial charge in [-0.2, -0.15) is 5.10 Å². The number of aryl methyl sites for hydroxylation is 1. The lowest BCUT2D eigenvalue weighted by Gasteiger charge is -2.10. The Morgan fingerprint density at radius 1 is 1.53 bits per heavy atom. The Balaban J connectivity index is 2.83. The van der Waals surface area contributed by atoms with E-state index in [1.165, 1.54) is 0 Å². The number of thioether (sulfide) groups is 1. The topological polar surface area (TPSA) is 53.1 Å². The molecule has 0 saturated carbocycles. The van der Waals surface area contributed by atoms with Gasteiger partial charge in [0.25, 0.3) is 0 Å². The lowest BCUT2D eigenvalue weighted by Crippen LogP contribution is -2.05. The van der Waals surface area contributed by atoms with Gasteiger partial charge in [-0.15, -0.1) is 11.8 Å². The third-order valence-electron chi connectivity index (χ3n) is 2.10. The summed E-state index contributed by atoms with van der Waals surface area (Å²) in [5, 5.41) is 5.47. The van der Waals surface area contributed by atoms with Crippen molar-refractivity contribution in [2.75, 3.05) is 25.2 Å². The van der Waals surface area contributed by atoms with Crippen LogP contribution in [0.15, 0.2) is 5.03 Å². The molecule has 2 N–H and O–H groups in total. The third kappa shape index (κ3) is 2.89. The van der Waals surface area contributed by atoms with Crippen LogP contribution in [0.2, 0.25) is 0 Å². The minimum Gasteiger partial charge on any atom is -0.395 e. The SMILES string of the molecule is COCCSc1c(N)c(C)nn1C(C)C. The van der Waals surface area contributed by atoms with E-state index >= 15 is 0 Å². The largest absolute Gasteiger partial charge is 0.395 e. The summed E-state index contributed by atoms with van der Waals surface area (Å²) in [6.07, 6.45) is 0. The molecule has 0 bridgehead atoms. The molecule has 1 heterocycles. The molecule has 0 amide bonds. The van der Waals surface area contributed by atoms with Gasteiger partial charge in [0.05, 0.1) is 18.0 Å². The van der Waals surface area contributed by atoms with Crippen molar-refractivity contribution in [1.82, 2.24) is 9.78 Å². The monoisotopic (exact) mass is 229 g/mol. The van der Waals surface area contributed by atoms with Crippen LogP contribution in [-0.2, 0) is 4.74 Å². The van der Waals surface area contributed by atoms with E-state index in [9.17, 15) is 0 Å². The molecular formula is C10H19N3OS. The first-order valence-corrected chi connectivity index (χ1v) is 6.02. The maximum atomic E-state index is 5.98. The maximum absolute atomic E-state index is 5.98. The Morgan fingerprint density at radius 3 is 2.73 bits per heavy atom. The number of ether oxygens (including phenoxy) is 1. The van der Waals surface area contributed by atoms with E-state index in [-0.39, 0.29) is 0 Å². The molecule has 0 spiro atoms. The van der Waals surface area contributed by atoms with Crippen LogP contribution in [0.3, 0.4) is 0 Å². The Kier molecular flexibility index (Phi) is 4.47. The van der Waals surface area contributed by atoms with Crippen LogP contribution in [0.4, 0.5) is 5.69 Å². The molecule has 0 aromatic carbocycles. The van der Waals surface area contributed by atoms with E-state index in [0.717, 1.165) is 28.8 Å². The van der Waals surface area contributed by atoms with Gasteiger partial charge in [0, 0.05) is 18.9 Å². The molecule has 1 rings (SSSR count). The van der Waals surface area contributed by atoms with Gasteiger partial charge in [-0.05, 0) is 20.8 Å². The standard InChI is InChI=1S/C10H19N3OS/c1-7(2)13-10(15-6-5-14-4)9(11)8(3)12-13/h7H,5-6,11H2,1-4H3. The third-order valence-corrected chi connectivity index (χ3v) is 3.15. The number of aromatic nitrogens is 2. The summed E-state index contributed by atoms with van der Waals surface area (Å²) in [6, 6.07) is 0.339. The summed E-state index contributed by atoms with van der Waals surface area (Å²) in [5.74, 6) is 0.901. The smallest absolute Gasteiger partial charge is 0.118 e. The number of hydrogen-bond acceptors (Lipinski definition) is 4. The highest BCUT2D eigenvalue weighted by molar-refractivity contribution is 7.99. The summed E-state index contributed by atoms with van der Waals surface area (Å²) >= 11 is 1.70. The molecule has 0 aliphatic rings. The summed E-state index contributed by atoms with van der Waals surface area (Å²) in [7, 11) is 1.70. The summed E-state index contributed by atoms with van der Waals surface area (Å²) in [4.78, 5) is 0. The minimum absolute atomic E-state index is 0.339. The maximum Gasteiger partial charge on any atom is 0.118 e. The van der Waals surface area contributed by atoms with Crippen molar-refractivity contribution >= 4 is 17.4 Å². The molecule has 0 aliphatic carbocycles. The fourth-order valence-electron chi connectivity index (χ4n) is 1.25. The average molecular weight is 229 g/mol. The van der Waals surface area contributed by atoms with Crippen molar-refractivity contribution in [1.29, 1.82) is 0 Å². The first-order valence-electron chi connectivity index (χ1n) is 5.04. The molecule has 86 valence electrons. The van der Waals surface area contributed by atoms with Gasteiger partial charge in [-0.1, -0.05) is 0 Å². The highest BCUT2D eigenvalue weighted by Gasteiger charge is 2.14. The van der Waals surface area contributed by atoms with E-state index in [1.54, 1.807) is 18.9 Å². The van der Waals surface area contributed by atoms with Crippen LogP contribution in [0.5, 0.6) is 0 Å². The van der Waals surface area contributed by atoms with Gasteiger partial charge in [-0.3, -0.25) is 4.68 Å². The van der Waals surface area contributed by atoms with Crippen LogP contribution in [0.1, 0.15) is 25.6 Å². The normalized spacial score (nSPS) is 11.3. The molecule has 15 heavy (non-hydrogen) atoms. The number of nitrogen functional groups attached to an aromatic ring is 1. The van der Waals surface area contributed by atoms with Crippen molar-refractivity contribution in [2.24, 2.45) is 0 Å². The lowest BCUT2D eigenvalue weighted by molar-refractivity contribution is 0.218. The number of nitrogens with zero attached hydrogens (tertiary/aromatic N) is 2. The predicted molar refractivity (Wildman–Crippen MR) is 64.4 cm³/mol. The molecule has 0 saturated heterocycles. The zero-order valence-corrected chi connectivity index (χ0v) is 10.6. The van der Waals surface area contributed by atoms with E-state index in [0.29, 0.717) is 6.04 Å². The van der Waals surface area contributed by atoms with E-state index in [1.807, 2.05) is 11.6 Å². The van der Waals surface area contributed by atoms with E-state index in [4.69, 9.17) is 10.5 Å². The van der Waals surface area contributed by atoms with Gasteiger partial charge in [0.2, 0.25) is 0 Å². The molecule has 1 aromatic rings. The zero-order chi connectivity index (χ0) is 11.4. The highest BCUT2D eigenvalue weighted by atomic mass is 32.2. The molecule has 0 radical (unpaired) electrons.